The number of para-hydroxylation sites is 3. The van der Waals surface area contributed by atoms with Crippen LogP contribution in [0.3, 0.4) is 0 Å². The number of fused-ring (bicyclic) bond motifs is 15. The number of hydrogen-bond donors (Lipinski definition) is 0. The van der Waals surface area contributed by atoms with E-state index in [2.05, 4.69) is 156 Å². The molecule has 0 fully saturated rings. The van der Waals surface area contributed by atoms with Crippen molar-refractivity contribution in [2.45, 2.75) is 5.41 Å². The highest BCUT2D eigenvalue weighted by molar-refractivity contribution is 7.25. The lowest BCUT2D eigenvalue weighted by Gasteiger charge is -2.39. The fraction of sp³-hybridized carbons (Fsp3) is 0.0233. The van der Waals surface area contributed by atoms with E-state index < -0.39 is 5.41 Å². The van der Waals surface area contributed by atoms with E-state index >= 15 is 0 Å². The summed E-state index contributed by atoms with van der Waals surface area (Å²) in [5.74, 6) is 1.83. The second kappa shape index (κ2) is 8.75. The Morgan fingerprint density at radius 3 is 1.87 bits per heavy atom. The zero-order chi connectivity index (χ0) is 30.0. The Morgan fingerprint density at radius 2 is 1.07 bits per heavy atom. The highest BCUT2D eigenvalue weighted by Gasteiger charge is 2.51. The molecule has 0 saturated carbocycles. The molecule has 1 aliphatic carbocycles. The van der Waals surface area contributed by atoms with Crippen LogP contribution in [0.5, 0.6) is 11.5 Å². The molecule has 11 rings (SSSR count). The largest absolute Gasteiger partial charge is 0.457 e. The third kappa shape index (κ3) is 2.97. The molecule has 0 bridgehead atoms. The standard InChI is InChI=1S/C43H25NOS/c1-2-12-26(13-3-1)44-37-24-36-29(22-30(37)31-23-32-28-15-5-11-21-41(28)46-42(32)25-38(31)44)27-14-4-6-16-33(27)43(36)34-17-7-9-19-39(34)45-40-20-10-8-18-35(40)43/h1-25H. The molecule has 2 aromatic heterocycles. The highest BCUT2D eigenvalue weighted by Crippen LogP contribution is 2.62. The second-order valence-corrected chi connectivity index (χ2v) is 13.5. The van der Waals surface area contributed by atoms with Crippen LogP contribution in [-0.4, -0.2) is 4.57 Å². The van der Waals surface area contributed by atoms with Crippen molar-refractivity contribution in [1.29, 1.82) is 0 Å². The van der Waals surface area contributed by atoms with Gasteiger partial charge in [0.05, 0.1) is 16.4 Å². The molecule has 3 heterocycles. The summed E-state index contributed by atoms with van der Waals surface area (Å²) in [7, 11) is 0. The first-order valence-electron chi connectivity index (χ1n) is 15.8. The van der Waals surface area contributed by atoms with Crippen molar-refractivity contribution in [2.24, 2.45) is 0 Å². The van der Waals surface area contributed by atoms with Gasteiger partial charge in [-0.15, -0.1) is 11.3 Å². The Kier molecular flexibility index (Phi) is 4.69. The van der Waals surface area contributed by atoms with Gasteiger partial charge in [-0.05, 0) is 76.9 Å². The normalized spacial score (nSPS) is 14.0. The molecule has 9 aromatic rings. The predicted octanol–water partition coefficient (Wildman–Crippen LogP) is 11.6. The summed E-state index contributed by atoms with van der Waals surface area (Å²) >= 11 is 1.88. The molecule has 0 amide bonds. The number of aromatic nitrogens is 1. The summed E-state index contributed by atoms with van der Waals surface area (Å²) in [4.78, 5) is 0. The van der Waals surface area contributed by atoms with Gasteiger partial charge in [0.1, 0.15) is 11.5 Å². The van der Waals surface area contributed by atoms with Crippen LogP contribution in [0.2, 0.25) is 0 Å². The van der Waals surface area contributed by atoms with Gasteiger partial charge in [0.25, 0.3) is 0 Å². The molecule has 0 N–H and O–H groups in total. The van der Waals surface area contributed by atoms with E-state index in [1.54, 1.807) is 0 Å². The fourth-order valence-electron chi connectivity index (χ4n) is 8.43. The van der Waals surface area contributed by atoms with Crippen LogP contribution in [-0.2, 0) is 5.41 Å². The minimum absolute atomic E-state index is 0.500. The summed E-state index contributed by atoms with van der Waals surface area (Å²) in [5, 5.41) is 5.20. The summed E-state index contributed by atoms with van der Waals surface area (Å²) in [6.45, 7) is 0. The van der Waals surface area contributed by atoms with E-state index in [0.29, 0.717) is 0 Å². The summed E-state index contributed by atoms with van der Waals surface area (Å²) in [6, 6.07) is 55.6. The van der Waals surface area contributed by atoms with Gasteiger partial charge in [-0.3, -0.25) is 0 Å². The van der Waals surface area contributed by atoms with Crippen LogP contribution >= 0.6 is 11.3 Å². The minimum atomic E-state index is -0.500. The molecule has 0 radical (unpaired) electrons. The Hall–Kier alpha value is -5.64. The number of rotatable bonds is 1. The van der Waals surface area contributed by atoms with Gasteiger partial charge in [-0.1, -0.05) is 97.1 Å². The maximum atomic E-state index is 6.59. The van der Waals surface area contributed by atoms with E-state index in [9.17, 15) is 0 Å². The Morgan fingerprint density at radius 1 is 0.435 bits per heavy atom. The molecule has 0 unspecified atom stereocenters. The summed E-state index contributed by atoms with van der Waals surface area (Å²) < 4.78 is 11.7. The quantitative estimate of drug-likeness (QED) is 0.182. The van der Waals surface area contributed by atoms with Crippen molar-refractivity contribution in [3.8, 4) is 28.3 Å². The van der Waals surface area contributed by atoms with E-state index in [0.717, 1.165) is 11.5 Å². The average molecular weight is 604 g/mol. The van der Waals surface area contributed by atoms with Gasteiger partial charge in [0, 0.05) is 47.8 Å². The average Bonchev–Trinajstić information content (AvgIpc) is 3.73. The zero-order valence-electron chi connectivity index (χ0n) is 24.7. The van der Waals surface area contributed by atoms with E-state index in [4.69, 9.17) is 4.74 Å². The topological polar surface area (TPSA) is 14.2 Å². The minimum Gasteiger partial charge on any atom is -0.457 e. The summed E-state index contributed by atoms with van der Waals surface area (Å²) in [5.41, 5.74) is 10.7. The monoisotopic (exact) mass is 603 g/mol. The van der Waals surface area contributed by atoms with Gasteiger partial charge in [-0.2, -0.15) is 0 Å². The molecule has 1 spiro atoms. The molecular formula is C43H25NOS. The Balaban J connectivity index is 1.34. The van der Waals surface area contributed by atoms with Gasteiger partial charge >= 0.3 is 0 Å². The van der Waals surface area contributed by atoms with Crippen molar-refractivity contribution in [2.75, 3.05) is 0 Å². The molecule has 0 atom stereocenters. The molecule has 2 nitrogen and oxygen atoms in total. The highest BCUT2D eigenvalue weighted by atomic mass is 32.1. The van der Waals surface area contributed by atoms with E-state index in [1.807, 2.05) is 11.3 Å². The first kappa shape index (κ1) is 24.7. The Labute approximate surface area is 269 Å². The second-order valence-electron chi connectivity index (χ2n) is 12.4. The zero-order valence-corrected chi connectivity index (χ0v) is 25.5. The van der Waals surface area contributed by atoms with E-state index in [1.165, 1.54) is 81.0 Å². The molecular weight excluding hydrogens is 579 g/mol. The lowest BCUT2D eigenvalue weighted by atomic mass is 9.66. The molecule has 2 aliphatic rings. The van der Waals surface area contributed by atoms with Crippen molar-refractivity contribution in [3.05, 3.63) is 174 Å². The lowest BCUT2D eigenvalue weighted by molar-refractivity contribution is 0.436. The molecule has 1 aliphatic heterocycles. The first-order chi connectivity index (χ1) is 22.8. The van der Waals surface area contributed by atoms with Crippen LogP contribution in [0, 0.1) is 0 Å². The predicted molar refractivity (Wildman–Crippen MR) is 191 cm³/mol. The number of hydrogen-bond acceptors (Lipinski definition) is 2. The lowest BCUT2D eigenvalue weighted by Crippen LogP contribution is -2.32. The molecule has 0 saturated heterocycles. The van der Waals surface area contributed by atoms with E-state index in [-0.39, 0.29) is 0 Å². The van der Waals surface area contributed by atoms with Gasteiger partial charge < -0.3 is 9.30 Å². The maximum Gasteiger partial charge on any atom is 0.132 e. The number of benzene rings is 7. The third-order valence-electron chi connectivity index (χ3n) is 10.2. The van der Waals surface area contributed by atoms with Crippen LogP contribution in [0.25, 0.3) is 58.8 Å². The number of thiophene rings is 1. The first-order valence-corrected chi connectivity index (χ1v) is 16.6. The molecule has 7 aromatic carbocycles. The summed E-state index contributed by atoms with van der Waals surface area (Å²) in [6.07, 6.45) is 0. The number of nitrogens with zero attached hydrogens (tertiary/aromatic N) is 1. The van der Waals surface area contributed by atoms with Gasteiger partial charge in [-0.25, -0.2) is 0 Å². The van der Waals surface area contributed by atoms with Crippen LogP contribution in [0.15, 0.2) is 152 Å². The van der Waals surface area contributed by atoms with Gasteiger partial charge in [0.15, 0.2) is 0 Å². The molecule has 46 heavy (non-hydrogen) atoms. The van der Waals surface area contributed by atoms with Gasteiger partial charge in [0.2, 0.25) is 0 Å². The van der Waals surface area contributed by atoms with Crippen molar-refractivity contribution in [3.63, 3.8) is 0 Å². The van der Waals surface area contributed by atoms with Crippen LogP contribution < -0.4 is 4.74 Å². The van der Waals surface area contributed by atoms with Crippen molar-refractivity contribution < 1.29 is 4.74 Å². The number of ether oxygens (including phenoxy) is 1. The Bertz CT molecular complexity index is 2690. The SMILES string of the molecule is c1ccc(-n2c3cc4c(cc3c3cc5c(cc32)sc2ccccc25)-c2ccccc2C42c3ccccc3Oc3ccccc32)cc1. The van der Waals surface area contributed by atoms with Crippen molar-refractivity contribution in [1.82, 2.24) is 4.57 Å². The smallest absolute Gasteiger partial charge is 0.132 e. The van der Waals surface area contributed by atoms with Crippen LogP contribution in [0.1, 0.15) is 22.3 Å². The molecule has 214 valence electrons. The van der Waals surface area contributed by atoms with Crippen molar-refractivity contribution >= 4 is 53.3 Å². The maximum absolute atomic E-state index is 6.59. The fourth-order valence-corrected chi connectivity index (χ4v) is 9.55. The third-order valence-corrected chi connectivity index (χ3v) is 11.4. The molecule has 3 heteroatoms. The van der Waals surface area contributed by atoms with Crippen LogP contribution in [0.4, 0.5) is 0 Å².